The van der Waals surface area contributed by atoms with Crippen molar-refractivity contribution in [3.8, 4) is 28.5 Å². The first kappa shape index (κ1) is 20.1. The molecule has 0 radical (unpaired) electrons. The Morgan fingerprint density at radius 1 is 1.03 bits per heavy atom. The number of para-hydroxylation sites is 1. The molecular formula is C23H25N7O2. The minimum Gasteiger partial charge on any atom is -0.494 e. The Bertz CT molecular complexity index is 1280. The molecule has 9 heteroatoms. The van der Waals surface area contributed by atoms with Crippen LogP contribution in [0.1, 0.15) is 0 Å². The minimum absolute atomic E-state index is 0.407. The maximum atomic E-state index is 6.66. The molecule has 9 nitrogen and oxygen atoms in total. The van der Waals surface area contributed by atoms with E-state index < -0.39 is 0 Å². The third-order valence-corrected chi connectivity index (χ3v) is 5.91. The molecule has 164 valence electrons. The van der Waals surface area contributed by atoms with Gasteiger partial charge in [-0.2, -0.15) is 0 Å². The number of nitrogens with two attached hydrogens (primary N) is 2. The van der Waals surface area contributed by atoms with E-state index in [-0.39, 0.29) is 0 Å². The van der Waals surface area contributed by atoms with Crippen LogP contribution in [0.25, 0.3) is 33.7 Å². The van der Waals surface area contributed by atoms with E-state index in [1.165, 1.54) is 0 Å². The lowest BCUT2D eigenvalue weighted by Crippen LogP contribution is -2.44. The highest BCUT2D eigenvalue weighted by Gasteiger charge is 2.24. The highest BCUT2D eigenvalue weighted by atomic mass is 16.5. The Hall–Kier alpha value is -3.85. The number of hydrogen-bond donors (Lipinski definition) is 2. The first-order valence-corrected chi connectivity index (χ1v) is 10.4. The van der Waals surface area contributed by atoms with Crippen LogP contribution < -0.4 is 21.1 Å². The zero-order valence-corrected chi connectivity index (χ0v) is 18.1. The lowest BCUT2D eigenvalue weighted by Gasteiger charge is -2.35. The lowest BCUT2D eigenvalue weighted by atomic mass is 10.0. The van der Waals surface area contributed by atoms with Gasteiger partial charge in [0.25, 0.3) is 0 Å². The molecule has 32 heavy (non-hydrogen) atoms. The van der Waals surface area contributed by atoms with Gasteiger partial charge >= 0.3 is 0 Å². The Morgan fingerprint density at radius 2 is 1.81 bits per heavy atom. The molecule has 0 unspecified atom stereocenters. The number of benzene rings is 2. The molecule has 0 bridgehead atoms. The Kier molecular flexibility index (Phi) is 5.02. The molecule has 2 aromatic heterocycles. The third kappa shape index (κ3) is 3.36. The van der Waals surface area contributed by atoms with Gasteiger partial charge in [-0.15, -0.1) is 0 Å². The quantitative estimate of drug-likeness (QED) is 0.470. The molecular weight excluding hydrogens is 406 g/mol. The fourth-order valence-electron chi connectivity index (χ4n) is 4.08. The van der Waals surface area contributed by atoms with Crippen molar-refractivity contribution in [2.45, 2.75) is 0 Å². The van der Waals surface area contributed by atoms with Crippen molar-refractivity contribution < 1.29 is 9.26 Å². The van der Waals surface area contributed by atoms with Gasteiger partial charge in [0.1, 0.15) is 11.4 Å². The summed E-state index contributed by atoms with van der Waals surface area (Å²) in [5, 5.41) is 5.09. The van der Waals surface area contributed by atoms with Crippen molar-refractivity contribution in [2.75, 3.05) is 56.7 Å². The molecule has 1 aliphatic rings. The SMILES string of the molecule is COc1cc(N2CCN(C)CC2)c(N)c(-c2nccc(-c3noc4ccccc34)n2)c1N. The largest absolute Gasteiger partial charge is 0.494 e. The first-order chi connectivity index (χ1) is 15.6. The zero-order valence-electron chi connectivity index (χ0n) is 18.1. The summed E-state index contributed by atoms with van der Waals surface area (Å²) in [5.41, 5.74) is 17.5. The minimum atomic E-state index is 0.407. The van der Waals surface area contributed by atoms with Crippen molar-refractivity contribution in [1.29, 1.82) is 0 Å². The van der Waals surface area contributed by atoms with E-state index in [2.05, 4.69) is 27.0 Å². The number of anilines is 3. The fraction of sp³-hybridized carbons (Fsp3) is 0.261. The molecule has 0 spiro atoms. The predicted octanol–water partition coefficient (Wildman–Crippen LogP) is 2.88. The number of methoxy groups -OCH3 is 1. The lowest BCUT2D eigenvalue weighted by molar-refractivity contribution is 0.313. The van der Waals surface area contributed by atoms with Crippen LogP contribution in [0.15, 0.2) is 47.1 Å². The van der Waals surface area contributed by atoms with Gasteiger partial charge in [0.2, 0.25) is 0 Å². The molecule has 0 saturated carbocycles. The second kappa shape index (κ2) is 8.01. The van der Waals surface area contributed by atoms with Crippen LogP contribution in [-0.2, 0) is 0 Å². The van der Waals surface area contributed by atoms with Gasteiger partial charge in [-0.1, -0.05) is 17.3 Å². The number of nitrogen functional groups attached to an aromatic ring is 2. The maximum absolute atomic E-state index is 6.66. The Labute approximate surface area is 185 Å². The van der Waals surface area contributed by atoms with Gasteiger partial charge in [0.05, 0.1) is 40.8 Å². The molecule has 5 rings (SSSR count). The molecule has 1 fully saturated rings. The van der Waals surface area contributed by atoms with Crippen LogP contribution in [0.2, 0.25) is 0 Å². The summed E-state index contributed by atoms with van der Waals surface area (Å²) in [5.74, 6) is 0.961. The van der Waals surface area contributed by atoms with Crippen molar-refractivity contribution in [3.63, 3.8) is 0 Å². The van der Waals surface area contributed by atoms with E-state index in [1.54, 1.807) is 19.4 Å². The molecule has 2 aromatic carbocycles. The number of fused-ring (bicyclic) bond motifs is 1. The average molecular weight is 432 g/mol. The molecule has 1 saturated heterocycles. The summed E-state index contributed by atoms with van der Waals surface area (Å²) < 4.78 is 11.0. The van der Waals surface area contributed by atoms with Crippen LogP contribution in [0, 0.1) is 0 Å². The van der Waals surface area contributed by atoms with E-state index in [1.807, 2.05) is 30.3 Å². The van der Waals surface area contributed by atoms with Crippen molar-refractivity contribution in [3.05, 3.63) is 42.6 Å². The van der Waals surface area contributed by atoms with Gasteiger partial charge in [0.15, 0.2) is 11.4 Å². The smallest absolute Gasteiger partial charge is 0.167 e. The average Bonchev–Trinajstić information content (AvgIpc) is 3.25. The summed E-state index contributed by atoms with van der Waals surface area (Å²) in [7, 11) is 3.71. The molecule has 4 N–H and O–H groups in total. The summed E-state index contributed by atoms with van der Waals surface area (Å²) in [6.07, 6.45) is 1.68. The number of hydrogen-bond acceptors (Lipinski definition) is 9. The molecule has 4 aromatic rings. The molecule has 0 atom stereocenters. The number of nitrogens with zero attached hydrogens (tertiary/aromatic N) is 5. The van der Waals surface area contributed by atoms with Gasteiger partial charge in [-0.3, -0.25) is 0 Å². The highest BCUT2D eigenvalue weighted by Crippen LogP contribution is 2.43. The number of rotatable bonds is 4. The number of likely N-dealkylation sites (N-methyl/N-ethyl adjacent to an activating group) is 1. The maximum Gasteiger partial charge on any atom is 0.167 e. The zero-order chi connectivity index (χ0) is 22.2. The topological polar surface area (TPSA) is 120 Å². The molecule has 0 amide bonds. The normalized spacial score (nSPS) is 14.8. The fourth-order valence-corrected chi connectivity index (χ4v) is 4.08. The van der Waals surface area contributed by atoms with Crippen LogP contribution in [0.4, 0.5) is 17.1 Å². The van der Waals surface area contributed by atoms with Crippen molar-refractivity contribution in [1.82, 2.24) is 20.0 Å². The van der Waals surface area contributed by atoms with Gasteiger partial charge in [0, 0.05) is 38.4 Å². The van der Waals surface area contributed by atoms with Crippen LogP contribution in [0.3, 0.4) is 0 Å². The third-order valence-electron chi connectivity index (χ3n) is 5.91. The van der Waals surface area contributed by atoms with E-state index in [0.717, 1.165) is 37.3 Å². The van der Waals surface area contributed by atoms with Crippen LogP contribution in [-0.4, -0.2) is 60.4 Å². The summed E-state index contributed by atoms with van der Waals surface area (Å²) in [6, 6.07) is 11.3. The molecule has 1 aliphatic heterocycles. The molecule has 3 heterocycles. The van der Waals surface area contributed by atoms with Crippen molar-refractivity contribution >= 4 is 28.0 Å². The van der Waals surface area contributed by atoms with Crippen LogP contribution in [0.5, 0.6) is 5.75 Å². The Balaban J connectivity index is 1.63. The van der Waals surface area contributed by atoms with Gasteiger partial charge in [-0.05, 0) is 25.2 Å². The van der Waals surface area contributed by atoms with Crippen molar-refractivity contribution in [2.24, 2.45) is 0 Å². The summed E-state index contributed by atoms with van der Waals surface area (Å²) in [4.78, 5) is 13.8. The van der Waals surface area contributed by atoms with E-state index in [4.69, 9.17) is 25.7 Å². The van der Waals surface area contributed by atoms with Crippen LogP contribution >= 0.6 is 0 Å². The molecule has 0 aliphatic carbocycles. The standard InChI is InChI=1S/C23H25N7O2/c1-29-9-11-30(12-10-29)16-13-18(31-2)21(25)19(20(16)24)23-26-8-7-15(27-23)22-14-5-3-4-6-17(14)32-28-22/h3-8,13H,9-12,24-25H2,1-2H3. The van der Waals surface area contributed by atoms with E-state index in [0.29, 0.717) is 45.5 Å². The number of aromatic nitrogens is 3. The predicted molar refractivity (Wildman–Crippen MR) is 126 cm³/mol. The number of piperazine rings is 1. The monoisotopic (exact) mass is 431 g/mol. The van der Waals surface area contributed by atoms with Gasteiger partial charge < -0.3 is 30.5 Å². The van der Waals surface area contributed by atoms with Gasteiger partial charge in [-0.25, -0.2) is 9.97 Å². The second-order valence-corrected chi connectivity index (χ2v) is 7.88. The van der Waals surface area contributed by atoms with E-state index in [9.17, 15) is 0 Å². The van der Waals surface area contributed by atoms with E-state index >= 15 is 0 Å². The summed E-state index contributed by atoms with van der Waals surface area (Å²) in [6.45, 7) is 3.62. The number of ether oxygens (including phenoxy) is 1. The summed E-state index contributed by atoms with van der Waals surface area (Å²) >= 11 is 0. The highest BCUT2D eigenvalue weighted by molar-refractivity contribution is 5.95. The second-order valence-electron chi connectivity index (χ2n) is 7.88. The Morgan fingerprint density at radius 3 is 2.59 bits per heavy atom. The first-order valence-electron chi connectivity index (χ1n) is 10.4.